The molecule has 0 N–H and O–H groups in total. The molecule has 1 aliphatic rings. The number of carbonyl (C=O) groups is 1. The zero-order valence-corrected chi connectivity index (χ0v) is 14.6. The van der Waals surface area contributed by atoms with Crippen LogP contribution in [0, 0.1) is 5.82 Å². The second-order valence-corrected chi connectivity index (χ2v) is 7.21. The molecule has 1 heterocycles. The van der Waals surface area contributed by atoms with Crippen molar-refractivity contribution >= 4 is 56.7 Å². The number of hydrogen-bond donors (Lipinski definition) is 0. The quantitative estimate of drug-likeness (QED) is 0.449. The SMILES string of the molecule is O=C1/C(=C\c2ccccc2F)SC(=S)N1c1cccc2ccccc12. The second-order valence-electron chi connectivity index (χ2n) is 5.54. The van der Waals surface area contributed by atoms with Crippen LogP contribution < -0.4 is 4.90 Å². The fourth-order valence-corrected chi connectivity index (χ4v) is 4.09. The predicted octanol–water partition coefficient (Wildman–Crippen LogP) is 5.38. The van der Waals surface area contributed by atoms with E-state index in [1.165, 1.54) is 22.7 Å². The summed E-state index contributed by atoms with van der Waals surface area (Å²) in [4.78, 5) is 14.8. The van der Waals surface area contributed by atoms with Gasteiger partial charge in [0.05, 0.1) is 10.6 Å². The number of nitrogens with zero attached hydrogens (tertiary/aromatic N) is 1. The maximum absolute atomic E-state index is 13.9. The molecule has 5 heteroatoms. The topological polar surface area (TPSA) is 20.3 Å². The molecule has 0 radical (unpaired) electrons. The number of amides is 1. The first-order valence-corrected chi connectivity index (χ1v) is 8.88. The van der Waals surface area contributed by atoms with E-state index in [0.717, 1.165) is 16.5 Å². The van der Waals surface area contributed by atoms with Crippen LogP contribution >= 0.6 is 24.0 Å². The van der Waals surface area contributed by atoms with Crippen molar-refractivity contribution in [3.63, 3.8) is 0 Å². The summed E-state index contributed by atoms with van der Waals surface area (Å²) in [5.74, 6) is -0.590. The minimum absolute atomic E-state index is 0.227. The number of benzene rings is 3. The molecule has 0 saturated carbocycles. The van der Waals surface area contributed by atoms with E-state index >= 15 is 0 Å². The highest BCUT2D eigenvalue weighted by Crippen LogP contribution is 2.38. The minimum atomic E-state index is -0.363. The molecule has 25 heavy (non-hydrogen) atoms. The largest absolute Gasteiger partial charge is 0.270 e. The van der Waals surface area contributed by atoms with Gasteiger partial charge in [-0.05, 0) is 23.6 Å². The molecule has 0 atom stereocenters. The average Bonchev–Trinajstić information content (AvgIpc) is 2.90. The zero-order chi connectivity index (χ0) is 17.4. The smallest absolute Gasteiger partial charge is 0.268 e. The molecule has 0 spiro atoms. The lowest BCUT2D eigenvalue weighted by Crippen LogP contribution is -2.27. The van der Waals surface area contributed by atoms with Gasteiger partial charge in [-0.1, -0.05) is 78.6 Å². The fourth-order valence-electron chi connectivity index (χ4n) is 2.81. The van der Waals surface area contributed by atoms with Gasteiger partial charge in [-0.25, -0.2) is 4.39 Å². The number of carbonyl (C=O) groups excluding carboxylic acids is 1. The summed E-state index contributed by atoms with van der Waals surface area (Å²) in [7, 11) is 0. The van der Waals surface area contributed by atoms with E-state index in [1.54, 1.807) is 24.3 Å². The van der Waals surface area contributed by atoms with E-state index in [0.29, 0.717) is 14.8 Å². The molecule has 1 amide bonds. The number of fused-ring (bicyclic) bond motifs is 1. The van der Waals surface area contributed by atoms with Crippen LogP contribution in [-0.2, 0) is 4.79 Å². The Bertz CT molecular complexity index is 1040. The van der Waals surface area contributed by atoms with Gasteiger partial charge in [0.2, 0.25) is 0 Å². The molecular formula is C20H12FNOS2. The molecule has 1 aliphatic heterocycles. The van der Waals surface area contributed by atoms with Crippen LogP contribution in [0.1, 0.15) is 5.56 Å². The van der Waals surface area contributed by atoms with Crippen LogP contribution in [0.4, 0.5) is 10.1 Å². The van der Waals surface area contributed by atoms with E-state index in [-0.39, 0.29) is 11.7 Å². The molecule has 3 aromatic carbocycles. The highest BCUT2D eigenvalue weighted by molar-refractivity contribution is 8.27. The Labute approximate surface area is 154 Å². The number of anilines is 1. The number of hydrogen-bond acceptors (Lipinski definition) is 3. The minimum Gasteiger partial charge on any atom is -0.268 e. The molecule has 3 aromatic rings. The molecule has 4 rings (SSSR count). The molecule has 122 valence electrons. The highest BCUT2D eigenvalue weighted by atomic mass is 32.2. The monoisotopic (exact) mass is 365 g/mol. The van der Waals surface area contributed by atoms with Crippen LogP contribution in [-0.4, -0.2) is 10.2 Å². The van der Waals surface area contributed by atoms with Gasteiger partial charge in [-0.2, -0.15) is 0 Å². The number of halogens is 1. The molecule has 0 aliphatic carbocycles. The van der Waals surface area contributed by atoms with Gasteiger partial charge in [-0.3, -0.25) is 9.69 Å². The highest BCUT2D eigenvalue weighted by Gasteiger charge is 2.34. The Hall–Kier alpha value is -2.50. The Morgan fingerprint density at radius 3 is 2.52 bits per heavy atom. The van der Waals surface area contributed by atoms with Crippen molar-refractivity contribution in [1.29, 1.82) is 0 Å². The Morgan fingerprint density at radius 2 is 1.68 bits per heavy atom. The van der Waals surface area contributed by atoms with Crippen molar-refractivity contribution in [2.45, 2.75) is 0 Å². The summed E-state index contributed by atoms with van der Waals surface area (Å²) in [6, 6.07) is 20.0. The van der Waals surface area contributed by atoms with Crippen molar-refractivity contribution in [3.05, 3.63) is 83.0 Å². The van der Waals surface area contributed by atoms with E-state index in [2.05, 4.69) is 0 Å². The standard InChI is InChI=1S/C20H12FNOS2/c21-16-10-4-2-7-14(16)12-18-19(23)22(20(24)25-18)17-11-5-8-13-6-1-3-9-15(13)17/h1-12H/b18-12+. The van der Waals surface area contributed by atoms with Gasteiger partial charge in [0.1, 0.15) is 5.82 Å². The Kier molecular flexibility index (Phi) is 4.11. The van der Waals surface area contributed by atoms with Crippen molar-refractivity contribution in [2.24, 2.45) is 0 Å². The zero-order valence-electron chi connectivity index (χ0n) is 13.0. The van der Waals surface area contributed by atoms with Gasteiger partial charge >= 0.3 is 0 Å². The van der Waals surface area contributed by atoms with Gasteiger partial charge in [0.15, 0.2) is 4.32 Å². The number of rotatable bonds is 2. The lowest BCUT2D eigenvalue weighted by atomic mass is 10.1. The maximum atomic E-state index is 13.9. The molecule has 0 bridgehead atoms. The van der Waals surface area contributed by atoms with Crippen molar-refractivity contribution < 1.29 is 9.18 Å². The molecule has 1 fully saturated rings. The summed E-state index contributed by atoms with van der Waals surface area (Å²) in [5, 5.41) is 1.99. The third kappa shape index (κ3) is 2.86. The summed E-state index contributed by atoms with van der Waals surface area (Å²) >= 11 is 6.61. The fraction of sp³-hybridized carbons (Fsp3) is 0. The molecular weight excluding hydrogens is 353 g/mol. The van der Waals surface area contributed by atoms with Gasteiger partial charge in [0, 0.05) is 10.9 Å². The molecule has 0 aromatic heterocycles. The Morgan fingerprint density at radius 1 is 0.960 bits per heavy atom. The van der Waals surface area contributed by atoms with Crippen LogP contribution in [0.2, 0.25) is 0 Å². The van der Waals surface area contributed by atoms with Crippen molar-refractivity contribution in [1.82, 2.24) is 0 Å². The van der Waals surface area contributed by atoms with E-state index < -0.39 is 0 Å². The lowest BCUT2D eigenvalue weighted by molar-refractivity contribution is -0.113. The second kappa shape index (κ2) is 6.43. The van der Waals surface area contributed by atoms with Crippen LogP contribution in [0.25, 0.3) is 16.8 Å². The summed E-state index contributed by atoms with van der Waals surface area (Å²) < 4.78 is 14.3. The number of thioether (sulfide) groups is 1. The van der Waals surface area contributed by atoms with Gasteiger partial charge < -0.3 is 0 Å². The average molecular weight is 365 g/mol. The molecule has 1 saturated heterocycles. The van der Waals surface area contributed by atoms with E-state index in [1.807, 2.05) is 42.5 Å². The van der Waals surface area contributed by atoms with Gasteiger partial charge in [-0.15, -0.1) is 0 Å². The lowest BCUT2D eigenvalue weighted by Gasteiger charge is -2.17. The van der Waals surface area contributed by atoms with Crippen LogP contribution in [0.3, 0.4) is 0 Å². The van der Waals surface area contributed by atoms with E-state index in [4.69, 9.17) is 12.2 Å². The van der Waals surface area contributed by atoms with Crippen molar-refractivity contribution in [3.8, 4) is 0 Å². The first-order valence-electron chi connectivity index (χ1n) is 7.65. The molecule has 2 nitrogen and oxygen atoms in total. The predicted molar refractivity (Wildman–Crippen MR) is 106 cm³/mol. The first-order chi connectivity index (χ1) is 12.1. The van der Waals surface area contributed by atoms with Crippen LogP contribution in [0.15, 0.2) is 71.6 Å². The summed E-state index contributed by atoms with van der Waals surface area (Å²) in [6.45, 7) is 0. The molecule has 0 unspecified atom stereocenters. The normalized spacial score (nSPS) is 16.2. The van der Waals surface area contributed by atoms with E-state index in [9.17, 15) is 9.18 Å². The first kappa shape index (κ1) is 16.0. The number of thiocarbonyl (C=S) groups is 1. The Balaban J connectivity index is 1.79. The van der Waals surface area contributed by atoms with Gasteiger partial charge in [0.25, 0.3) is 5.91 Å². The summed E-state index contributed by atoms with van der Waals surface area (Å²) in [6.07, 6.45) is 1.56. The third-order valence-electron chi connectivity index (χ3n) is 3.99. The van der Waals surface area contributed by atoms with Crippen LogP contribution in [0.5, 0.6) is 0 Å². The maximum Gasteiger partial charge on any atom is 0.270 e. The summed E-state index contributed by atoms with van der Waals surface area (Å²) in [5.41, 5.74) is 1.12. The third-order valence-corrected chi connectivity index (χ3v) is 5.30. The van der Waals surface area contributed by atoms with Crippen molar-refractivity contribution in [2.75, 3.05) is 4.90 Å².